The first-order valence-electron chi connectivity index (χ1n) is 29.3. The summed E-state index contributed by atoms with van der Waals surface area (Å²) < 4.78 is 16.2. The molecule has 0 atom stereocenters. The normalized spacial score (nSPS) is 13.4. The van der Waals surface area contributed by atoms with Crippen LogP contribution in [0.2, 0.25) is 0 Å². The van der Waals surface area contributed by atoms with Crippen LogP contribution in [-0.4, -0.2) is 55.5 Å². The van der Waals surface area contributed by atoms with Gasteiger partial charge in [-0.3, -0.25) is 14.4 Å². The van der Waals surface area contributed by atoms with Gasteiger partial charge >= 0.3 is 17.9 Å². The van der Waals surface area contributed by atoms with Gasteiger partial charge in [0.1, 0.15) is 34.6 Å². The van der Waals surface area contributed by atoms with E-state index in [-0.39, 0.29) is 46.6 Å². The van der Waals surface area contributed by atoms with E-state index in [1.807, 2.05) is 60.7 Å². The number of phenolic OH excluding ortho intramolecular Hbond substituents is 1. The maximum absolute atomic E-state index is 12.6. The van der Waals surface area contributed by atoms with Crippen molar-refractivity contribution in [1.29, 1.82) is 0 Å². The molecule has 0 aliphatic heterocycles. The fourth-order valence-electron chi connectivity index (χ4n) is 9.80. The first-order chi connectivity index (χ1) is 40.7. The molecule has 1 aliphatic carbocycles. The molecular formula is C71H78N4O9. The number of ether oxygens (including phenoxy) is 3. The second-order valence-corrected chi connectivity index (χ2v) is 21.5. The summed E-state index contributed by atoms with van der Waals surface area (Å²) in [5, 5.41) is 21.7. The molecule has 1 aromatic heterocycles. The standard InChI is InChI=1S/C30H40O4.C26H26N4.C15H12O5/c1-3-5-7-9-23-11-19-27(20-12-23)33-29(31)25-15-17-26(18-16-25)30(32)34-28-21-13-24(14-22-28)10-8-6-4-2;1-18-7-4-10-21(13-18)16-24-28-25(17-22-11-5-8-19(2)14-22)30-26(29-24)27-23-12-6-9-20(3)15-23;16-13-8-11(20-9-14(17)18)6-7-12(13)15(19)10-4-2-1-3-5-10/h11-14,19-22,25-26H,3-10,15-18H2,1-2H3;4-15H,16-17H2,1-3H3,(H,27,28,29,30);1-8,16H,9H2,(H,17,18). The molecule has 1 fully saturated rings. The molecule has 9 rings (SSSR count). The van der Waals surface area contributed by atoms with E-state index in [1.165, 1.54) is 95.7 Å². The molecule has 7 aromatic carbocycles. The minimum atomic E-state index is -1.12. The third-order valence-corrected chi connectivity index (χ3v) is 14.3. The van der Waals surface area contributed by atoms with Crippen LogP contribution in [0.3, 0.4) is 0 Å². The van der Waals surface area contributed by atoms with Crippen LogP contribution in [-0.2, 0) is 40.1 Å². The molecule has 0 unspecified atom stereocenters. The lowest BCUT2D eigenvalue weighted by Gasteiger charge is -2.25. The second kappa shape index (κ2) is 32.6. The largest absolute Gasteiger partial charge is 0.507 e. The first kappa shape index (κ1) is 62.6. The van der Waals surface area contributed by atoms with Gasteiger partial charge in [0.25, 0.3) is 0 Å². The Morgan fingerprint density at radius 1 is 0.512 bits per heavy atom. The van der Waals surface area contributed by atoms with Crippen molar-refractivity contribution in [2.24, 2.45) is 11.8 Å². The van der Waals surface area contributed by atoms with Gasteiger partial charge in [-0.1, -0.05) is 166 Å². The number of aliphatic carboxylic acids is 1. The number of hydrogen-bond donors (Lipinski definition) is 3. The highest BCUT2D eigenvalue weighted by Gasteiger charge is 2.32. The molecule has 1 heterocycles. The van der Waals surface area contributed by atoms with E-state index in [9.17, 15) is 24.3 Å². The van der Waals surface area contributed by atoms with Gasteiger partial charge in [0.05, 0.1) is 17.4 Å². The molecule has 436 valence electrons. The number of nitrogens with one attached hydrogen (secondary N) is 1. The first-order valence-corrected chi connectivity index (χ1v) is 29.3. The van der Waals surface area contributed by atoms with Gasteiger partial charge in [-0.15, -0.1) is 0 Å². The Hall–Kier alpha value is -8.97. The number of aromatic nitrogens is 3. The molecule has 0 saturated heterocycles. The average Bonchev–Trinajstić information content (AvgIpc) is 3.63. The maximum atomic E-state index is 12.6. The van der Waals surface area contributed by atoms with Gasteiger partial charge in [-0.05, 0) is 148 Å². The van der Waals surface area contributed by atoms with E-state index in [0.717, 1.165) is 30.2 Å². The number of carbonyl (C=O) groups is 4. The Bertz CT molecular complexity index is 3160. The number of hydrogen-bond acceptors (Lipinski definition) is 12. The lowest BCUT2D eigenvalue weighted by atomic mass is 9.82. The average molecular weight is 1130 g/mol. The van der Waals surface area contributed by atoms with Gasteiger partial charge in [0.15, 0.2) is 12.4 Å². The predicted molar refractivity (Wildman–Crippen MR) is 329 cm³/mol. The summed E-state index contributed by atoms with van der Waals surface area (Å²) in [6.45, 7) is 10.2. The minimum Gasteiger partial charge on any atom is -0.507 e. The molecule has 0 spiro atoms. The summed E-state index contributed by atoms with van der Waals surface area (Å²) in [6, 6.07) is 53.5. The fraction of sp³-hybridized carbons (Fsp3) is 0.310. The van der Waals surface area contributed by atoms with Gasteiger partial charge in [0, 0.05) is 30.2 Å². The highest BCUT2D eigenvalue weighted by molar-refractivity contribution is 6.10. The van der Waals surface area contributed by atoms with Crippen LogP contribution >= 0.6 is 0 Å². The molecule has 1 aliphatic rings. The number of nitrogens with zero attached hydrogens (tertiary/aromatic N) is 3. The minimum absolute atomic E-state index is 0.138. The summed E-state index contributed by atoms with van der Waals surface area (Å²) in [7, 11) is 0. The quantitative estimate of drug-likeness (QED) is 0.0238. The zero-order valence-electron chi connectivity index (χ0n) is 49.0. The van der Waals surface area contributed by atoms with Gasteiger partial charge in [0.2, 0.25) is 5.95 Å². The van der Waals surface area contributed by atoms with E-state index in [0.29, 0.717) is 61.5 Å². The number of benzene rings is 7. The van der Waals surface area contributed by atoms with Crippen molar-refractivity contribution >= 4 is 35.3 Å². The van der Waals surface area contributed by atoms with Crippen molar-refractivity contribution in [2.75, 3.05) is 11.9 Å². The van der Waals surface area contributed by atoms with Crippen molar-refractivity contribution in [3.63, 3.8) is 0 Å². The van der Waals surface area contributed by atoms with E-state index >= 15 is 0 Å². The highest BCUT2D eigenvalue weighted by Crippen LogP contribution is 2.32. The molecule has 13 heteroatoms. The third-order valence-electron chi connectivity index (χ3n) is 14.3. The van der Waals surface area contributed by atoms with Crippen LogP contribution in [0.4, 0.5) is 11.6 Å². The number of rotatable bonds is 23. The number of esters is 2. The Morgan fingerprint density at radius 3 is 1.44 bits per heavy atom. The molecule has 0 bridgehead atoms. The Balaban J connectivity index is 0.000000187. The predicted octanol–water partition coefficient (Wildman–Crippen LogP) is 15.3. The Morgan fingerprint density at radius 2 is 0.988 bits per heavy atom. The van der Waals surface area contributed by atoms with Gasteiger partial charge < -0.3 is 29.7 Å². The molecule has 0 radical (unpaired) electrons. The summed E-state index contributed by atoms with van der Waals surface area (Å²) in [5.74, 6) is 1.15. The topological polar surface area (TPSA) is 187 Å². The number of aromatic hydroxyl groups is 1. The van der Waals surface area contributed by atoms with Crippen LogP contribution < -0.4 is 19.5 Å². The lowest BCUT2D eigenvalue weighted by molar-refractivity contribution is -0.145. The molecular weight excluding hydrogens is 1050 g/mol. The number of carboxylic acids is 1. The number of aryl methyl sites for hydroxylation is 5. The van der Waals surface area contributed by atoms with Crippen molar-refractivity contribution < 1.29 is 43.6 Å². The Labute approximate surface area is 494 Å². The zero-order valence-corrected chi connectivity index (χ0v) is 49.0. The zero-order chi connectivity index (χ0) is 59.6. The molecule has 84 heavy (non-hydrogen) atoms. The SMILES string of the molecule is CCCCCc1ccc(OC(=O)C2CCC(C(=O)Oc3ccc(CCCCC)cc3)CC2)cc1.Cc1cccc(Cc2nc(Cc3cccc(C)c3)nc(Nc3cccc(C)c3)n2)c1.O=C(O)COc1ccc(C(=O)c2ccccc2)c(O)c1. The Kier molecular flexibility index (Phi) is 24.3. The van der Waals surface area contributed by atoms with Crippen LogP contribution in [0.15, 0.2) is 170 Å². The maximum Gasteiger partial charge on any atom is 0.341 e. The molecule has 13 nitrogen and oxygen atoms in total. The lowest BCUT2D eigenvalue weighted by Crippen LogP contribution is -2.30. The van der Waals surface area contributed by atoms with Crippen molar-refractivity contribution in [1.82, 2.24) is 15.0 Å². The number of carboxylic acid groups (broad SMARTS) is 1. The molecule has 3 N–H and O–H groups in total. The fourth-order valence-corrected chi connectivity index (χ4v) is 9.80. The van der Waals surface area contributed by atoms with E-state index in [2.05, 4.69) is 101 Å². The van der Waals surface area contributed by atoms with E-state index in [4.69, 9.17) is 34.3 Å². The summed E-state index contributed by atoms with van der Waals surface area (Å²) in [5.41, 5.74) is 10.2. The molecule has 8 aromatic rings. The number of ketones is 1. The summed E-state index contributed by atoms with van der Waals surface area (Å²) in [6.07, 6.45) is 13.4. The molecule has 0 amide bonds. The van der Waals surface area contributed by atoms with E-state index < -0.39 is 12.6 Å². The number of phenols is 1. The number of carbonyl (C=O) groups excluding carboxylic acids is 3. The molecule has 1 saturated carbocycles. The smallest absolute Gasteiger partial charge is 0.341 e. The number of anilines is 2. The summed E-state index contributed by atoms with van der Waals surface area (Å²) in [4.78, 5) is 62.0. The second-order valence-electron chi connectivity index (χ2n) is 21.5. The van der Waals surface area contributed by atoms with Gasteiger partial charge in [-0.2, -0.15) is 9.97 Å². The van der Waals surface area contributed by atoms with Crippen LogP contribution in [0.1, 0.15) is 145 Å². The van der Waals surface area contributed by atoms with Crippen molar-refractivity contribution in [3.8, 4) is 23.0 Å². The van der Waals surface area contributed by atoms with Crippen molar-refractivity contribution in [3.05, 3.63) is 232 Å². The monoisotopic (exact) mass is 1130 g/mol. The van der Waals surface area contributed by atoms with Crippen molar-refractivity contribution in [2.45, 2.75) is 125 Å². The van der Waals surface area contributed by atoms with E-state index in [1.54, 1.807) is 30.3 Å². The van der Waals surface area contributed by atoms with Gasteiger partial charge in [-0.25, -0.2) is 9.78 Å². The van der Waals surface area contributed by atoms with Crippen LogP contribution in [0.25, 0.3) is 0 Å². The summed E-state index contributed by atoms with van der Waals surface area (Å²) >= 11 is 0. The highest BCUT2D eigenvalue weighted by atomic mass is 16.5. The van der Waals surface area contributed by atoms with Crippen LogP contribution in [0, 0.1) is 32.6 Å². The number of unbranched alkanes of at least 4 members (excludes halogenated alkanes) is 4. The third kappa shape index (κ3) is 20.8. The van der Waals surface area contributed by atoms with Crippen LogP contribution in [0.5, 0.6) is 23.0 Å².